The van der Waals surface area contributed by atoms with Crippen LogP contribution in [-0.2, 0) is 10.1 Å². The Balaban J connectivity index is 1.71. The van der Waals surface area contributed by atoms with E-state index in [1.165, 1.54) is 19.2 Å². The van der Waals surface area contributed by atoms with Crippen molar-refractivity contribution in [3.05, 3.63) is 82.2 Å². The lowest BCUT2D eigenvalue weighted by Crippen LogP contribution is -2.11. The van der Waals surface area contributed by atoms with E-state index in [4.69, 9.17) is 13.3 Å². The molecule has 9 heteroatoms. The molecule has 166 valence electrons. The third-order valence-electron chi connectivity index (χ3n) is 4.71. The van der Waals surface area contributed by atoms with Gasteiger partial charge in [-0.05, 0) is 70.9 Å². The number of fused-ring (bicyclic) bond motifs is 1. The number of para-hydroxylation sites is 2. The number of aryl methyl sites for hydroxylation is 1. The Kier molecular flexibility index (Phi) is 6.22. The van der Waals surface area contributed by atoms with Crippen LogP contribution in [0.2, 0.25) is 0 Å². The average molecular weight is 525 g/mol. The minimum Gasteiger partial charge on any atom is -0.493 e. The highest BCUT2D eigenvalue weighted by Gasteiger charge is 2.22. The number of oxazole rings is 1. The maximum atomic E-state index is 12.7. The van der Waals surface area contributed by atoms with Crippen molar-refractivity contribution in [2.24, 2.45) is 0 Å². The largest absolute Gasteiger partial charge is 0.493 e. The fraction of sp³-hybridized carbons (Fsp3) is 0.0833. The first-order chi connectivity index (χ1) is 15.8. The van der Waals surface area contributed by atoms with Crippen molar-refractivity contribution in [3.63, 3.8) is 0 Å². The van der Waals surface area contributed by atoms with Gasteiger partial charge >= 0.3 is 10.1 Å². The summed E-state index contributed by atoms with van der Waals surface area (Å²) in [6.07, 6.45) is 1.57. The lowest BCUT2D eigenvalue weighted by molar-refractivity contribution is 0.389. The van der Waals surface area contributed by atoms with Gasteiger partial charge in [0.1, 0.15) is 22.1 Å². The zero-order chi connectivity index (χ0) is 23.6. The molecule has 4 aromatic rings. The van der Waals surface area contributed by atoms with E-state index >= 15 is 0 Å². The van der Waals surface area contributed by atoms with Gasteiger partial charge in [-0.1, -0.05) is 29.8 Å². The Morgan fingerprint density at radius 3 is 2.55 bits per heavy atom. The normalized spacial score (nSPS) is 11.9. The lowest BCUT2D eigenvalue weighted by atomic mass is 10.1. The Bertz CT molecular complexity index is 1480. The molecule has 0 aliphatic rings. The van der Waals surface area contributed by atoms with Crippen molar-refractivity contribution in [1.82, 2.24) is 4.98 Å². The number of nitriles is 1. The van der Waals surface area contributed by atoms with E-state index in [0.717, 1.165) is 5.56 Å². The van der Waals surface area contributed by atoms with Gasteiger partial charge in [0.2, 0.25) is 5.89 Å². The van der Waals surface area contributed by atoms with E-state index in [2.05, 4.69) is 27.0 Å². The minimum absolute atomic E-state index is 0.00408. The fourth-order valence-electron chi connectivity index (χ4n) is 3.06. The van der Waals surface area contributed by atoms with E-state index in [1.807, 2.05) is 19.1 Å². The molecule has 0 fully saturated rings. The Morgan fingerprint density at radius 2 is 1.88 bits per heavy atom. The smallest absolute Gasteiger partial charge is 0.339 e. The van der Waals surface area contributed by atoms with E-state index in [-0.39, 0.29) is 27.9 Å². The molecule has 3 aromatic carbocycles. The molecule has 33 heavy (non-hydrogen) atoms. The topological polar surface area (TPSA) is 102 Å². The quantitative estimate of drug-likeness (QED) is 0.234. The van der Waals surface area contributed by atoms with E-state index in [1.54, 1.807) is 42.5 Å². The number of hydrogen-bond acceptors (Lipinski definition) is 7. The van der Waals surface area contributed by atoms with Crippen molar-refractivity contribution in [3.8, 4) is 17.6 Å². The van der Waals surface area contributed by atoms with E-state index in [9.17, 15) is 13.7 Å². The summed E-state index contributed by atoms with van der Waals surface area (Å²) < 4.78 is 42.2. The number of hydrogen-bond donors (Lipinski definition) is 0. The maximum Gasteiger partial charge on any atom is 0.339 e. The number of ether oxygens (including phenoxy) is 1. The van der Waals surface area contributed by atoms with E-state index in [0.29, 0.717) is 21.1 Å². The van der Waals surface area contributed by atoms with Gasteiger partial charge in [-0.15, -0.1) is 0 Å². The summed E-state index contributed by atoms with van der Waals surface area (Å²) in [5.74, 6) is 0.341. The highest BCUT2D eigenvalue weighted by molar-refractivity contribution is 9.10. The zero-order valence-electron chi connectivity index (χ0n) is 17.6. The molecule has 1 heterocycles. The van der Waals surface area contributed by atoms with Crippen LogP contribution in [0.3, 0.4) is 0 Å². The third kappa shape index (κ3) is 4.77. The first kappa shape index (κ1) is 22.6. The van der Waals surface area contributed by atoms with Gasteiger partial charge in [0.15, 0.2) is 17.1 Å². The number of allylic oxidation sites excluding steroid dienone is 1. The van der Waals surface area contributed by atoms with Gasteiger partial charge in [-0.25, -0.2) is 4.98 Å². The second kappa shape index (κ2) is 9.10. The van der Waals surface area contributed by atoms with Gasteiger partial charge in [0, 0.05) is 0 Å². The third-order valence-corrected chi connectivity index (χ3v) is 6.53. The second-order valence-electron chi connectivity index (χ2n) is 7.04. The first-order valence-corrected chi connectivity index (χ1v) is 11.9. The Labute approximate surface area is 199 Å². The number of methoxy groups -OCH3 is 1. The van der Waals surface area contributed by atoms with E-state index < -0.39 is 10.1 Å². The van der Waals surface area contributed by atoms with Crippen LogP contribution in [0.5, 0.6) is 11.5 Å². The van der Waals surface area contributed by atoms with Crippen molar-refractivity contribution < 1.29 is 21.8 Å². The molecule has 4 rings (SSSR count). The molecule has 0 saturated carbocycles. The molecular weight excluding hydrogens is 508 g/mol. The molecular formula is C24H17BrN2O5S. The van der Waals surface area contributed by atoms with Gasteiger partial charge in [-0.2, -0.15) is 13.7 Å². The van der Waals surface area contributed by atoms with Crippen molar-refractivity contribution in [2.45, 2.75) is 11.8 Å². The molecule has 0 atom stereocenters. The van der Waals surface area contributed by atoms with Gasteiger partial charge in [0.05, 0.1) is 11.6 Å². The molecule has 0 radical (unpaired) electrons. The van der Waals surface area contributed by atoms with Crippen molar-refractivity contribution in [2.75, 3.05) is 7.11 Å². The zero-order valence-corrected chi connectivity index (χ0v) is 20.0. The van der Waals surface area contributed by atoms with Crippen LogP contribution < -0.4 is 8.92 Å². The Hall–Kier alpha value is -3.61. The van der Waals surface area contributed by atoms with Crippen LogP contribution in [0.4, 0.5) is 0 Å². The highest BCUT2D eigenvalue weighted by Crippen LogP contribution is 2.39. The summed E-state index contributed by atoms with van der Waals surface area (Å²) in [4.78, 5) is 4.37. The van der Waals surface area contributed by atoms with Crippen molar-refractivity contribution in [1.29, 1.82) is 5.26 Å². The summed E-state index contributed by atoms with van der Waals surface area (Å²) in [5, 5.41) is 9.65. The molecule has 7 nitrogen and oxygen atoms in total. The van der Waals surface area contributed by atoms with Gasteiger partial charge < -0.3 is 13.3 Å². The number of aromatic nitrogens is 1. The summed E-state index contributed by atoms with van der Waals surface area (Å²) in [6.45, 7) is 1.86. The molecule has 0 unspecified atom stereocenters. The second-order valence-corrected chi connectivity index (χ2v) is 9.44. The highest BCUT2D eigenvalue weighted by atomic mass is 79.9. The standard InChI is InChI=1S/C24H17BrN2O5S/c1-15-7-9-18(10-8-15)33(28,29)32-23-19(25)12-16(13-22(23)30-2)11-17(14-26)24-27-20-5-3-4-6-21(20)31-24/h3-13H,1-2H3/b17-11+. The summed E-state index contributed by atoms with van der Waals surface area (Å²) in [7, 11) is -2.69. The number of rotatable bonds is 6. The molecule has 0 bridgehead atoms. The molecule has 0 aliphatic heterocycles. The summed E-state index contributed by atoms with van der Waals surface area (Å²) in [5.41, 5.74) is 2.88. The van der Waals surface area contributed by atoms with Crippen LogP contribution in [0, 0.1) is 18.3 Å². The molecule has 1 aromatic heterocycles. The summed E-state index contributed by atoms with van der Waals surface area (Å²) in [6, 6.07) is 18.8. The summed E-state index contributed by atoms with van der Waals surface area (Å²) >= 11 is 3.35. The molecule has 0 amide bonds. The monoisotopic (exact) mass is 524 g/mol. The predicted octanol–water partition coefficient (Wildman–Crippen LogP) is 5.74. The fourth-order valence-corrected chi connectivity index (χ4v) is 4.67. The number of halogens is 1. The number of benzene rings is 3. The van der Waals surface area contributed by atoms with Crippen LogP contribution in [0.1, 0.15) is 17.0 Å². The molecule has 0 spiro atoms. The molecule has 0 aliphatic carbocycles. The van der Waals surface area contributed by atoms with Crippen molar-refractivity contribution >= 4 is 48.8 Å². The molecule has 0 N–H and O–H groups in total. The van der Waals surface area contributed by atoms with Crippen LogP contribution in [-0.4, -0.2) is 20.5 Å². The predicted molar refractivity (Wildman–Crippen MR) is 127 cm³/mol. The maximum absolute atomic E-state index is 12.7. The average Bonchev–Trinajstić information content (AvgIpc) is 3.23. The van der Waals surface area contributed by atoms with Gasteiger partial charge in [-0.3, -0.25) is 0 Å². The first-order valence-electron chi connectivity index (χ1n) is 9.67. The van der Waals surface area contributed by atoms with Gasteiger partial charge in [0.25, 0.3) is 0 Å². The van der Waals surface area contributed by atoms with Crippen LogP contribution >= 0.6 is 15.9 Å². The SMILES string of the molecule is COc1cc(/C=C(\C#N)c2nc3ccccc3o2)cc(Br)c1OS(=O)(=O)c1ccc(C)cc1. The Morgan fingerprint density at radius 1 is 1.15 bits per heavy atom. The van der Waals surface area contributed by atoms with Crippen LogP contribution in [0.25, 0.3) is 22.7 Å². The van der Waals surface area contributed by atoms with Crippen LogP contribution in [0.15, 0.2) is 74.4 Å². The lowest BCUT2D eigenvalue weighted by Gasteiger charge is -2.13. The molecule has 0 saturated heterocycles. The minimum atomic E-state index is -4.09. The number of nitrogens with zero attached hydrogens (tertiary/aromatic N) is 2.